The van der Waals surface area contributed by atoms with E-state index in [-0.39, 0.29) is 10.6 Å². The molecule has 0 bridgehead atoms. The predicted octanol–water partition coefficient (Wildman–Crippen LogP) is 2.68. The Morgan fingerprint density at radius 2 is 2.30 bits per heavy atom. The molecule has 2 saturated heterocycles. The van der Waals surface area contributed by atoms with Gasteiger partial charge in [0.25, 0.3) is 5.69 Å². The summed E-state index contributed by atoms with van der Waals surface area (Å²) in [5, 5.41) is 15.2. The van der Waals surface area contributed by atoms with Crippen LogP contribution in [0.3, 0.4) is 0 Å². The zero-order chi connectivity index (χ0) is 14.3. The quantitative estimate of drug-likeness (QED) is 0.688. The summed E-state index contributed by atoms with van der Waals surface area (Å²) < 4.78 is 0. The Morgan fingerprint density at radius 1 is 1.50 bits per heavy atom. The summed E-state index contributed by atoms with van der Waals surface area (Å²) in [5.41, 5.74) is 0.824. The second-order valence-electron chi connectivity index (χ2n) is 5.60. The second-order valence-corrected chi connectivity index (χ2v) is 6.04. The predicted molar refractivity (Wildman–Crippen MR) is 79.4 cm³/mol. The highest BCUT2D eigenvalue weighted by molar-refractivity contribution is 6.31. The number of rotatable bonds is 3. The fourth-order valence-corrected chi connectivity index (χ4v) is 3.87. The van der Waals surface area contributed by atoms with Gasteiger partial charge in [0.1, 0.15) is 5.69 Å². The van der Waals surface area contributed by atoms with Crippen LogP contribution in [0, 0.1) is 22.0 Å². The van der Waals surface area contributed by atoms with Gasteiger partial charge in [-0.1, -0.05) is 18.5 Å². The molecule has 6 heteroatoms. The Kier molecular flexibility index (Phi) is 3.56. The molecule has 1 N–H and O–H groups in total. The molecule has 0 aromatic heterocycles. The molecule has 5 nitrogen and oxygen atoms in total. The first-order valence-corrected chi connectivity index (χ1v) is 7.41. The summed E-state index contributed by atoms with van der Waals surface area (Å²) in [6.07, 6.45) is 0.993. The number of hydrogen-bond donors (Lipinski definition) is 1. The van der Waals surface area contributed by atoms with Crippen molar-refractivity contribution in [3.8, 4) is 0 Å². The van der Waals surface area contributed by atoms with Crippen molar-refractivity contribution in [1.29, 1.82) is 0 Å². The Hall–Kier alpha value is -1.33. The number of halogens is 1. The van der Waals surface area contributed by atoms with Crippen molar-refractivity contribution in [2.75, 3.05) is 24.5 Å². The Bertz CT molecular complexity index is 537. The van der Waals surface area contributed by atoms with E-state index in [0.717, 1.165) is 26.1 Å². The second kappa shape index (κ2) is 5.22. The number of fused-ring (bicyclic) bond motifs is 1. The fourth-order valence-electron chi connectivity index (χ4n) is 3.70. The van der Waals surface area contributed by atoms with Crippen molar-refractivity contribution in [3.05, 3.63) is 33.3 Å². The number of anilines is 1. The van der Waals surface area contributed by atoms with Crippen LogP contribution in [0.5, 0.6) is 0 Å². The van der Waals surface area contributed by atoms with Gasteiger partial charge in [0.15, 0.2) is 0 Å². The minimum absolute atomic E-state index is 0.154. The van der Waals surface area contributed by atoms with Gasteiger partial charge < -0.3 is 10.2 Å². The van der Waals surface area contributed by atoms with Gasteiger partial charge in [-0.3, -0.25) is 10.1 Å². The molecule has 0 spiro atoms. The molecule has 1 aromatic carbocycles. The molecular weight excluding hydrogens is 278 g/mol. The van der Waals surface area contributed by atoms with Crippen LogP contribution < -0.4 is 10.2 Å². The van der Waals surface area contributed by atoms with Crippen molar-refractivity contribution in [2.45, 2.75) is 19.4 Å². The van der Waals surface area contributed by atoms with Gasteiger partial charge in [0.05, 0.1) is 4.92 Å². The molecule has 0 radical (unpaired) electrons. The van der Waals surface area contributed by atoms with Gasteiger partial charge in [-0.2, -0.15) is 0 Å². The average molecular weight is 296 g/mol. The minimum Gasteiger partial charge on any atom is -0.362 e. The summed E-state index contributed by atoms with van der Waals surface area (Å²) in [7, 11) is 0. The van der Waals surface area contributed by atoms with Gasteiger partial charge >= 0.3 is 0 Å². The van der Waals surface area contributed by atoms with Crippen LogP contribution in [0.1, 0.15) is 13.3 Å². The first-order chi connectivity index (χ1) is 9.61. The van der Waals surface area contributed by atoms with E-state index in [1.165, 1.54) is 6.07 Å². The molecule has 108 valence electrons. The highest BCUT2D eigenvalue weighted by Crippen LogP contribution is 2.41. The van der Waals surface area contributed by atoms with Gasteiger partial charge in [0, 0.05) is 36.8 Å². The smallest absolute Gasteiger partial charge is 0.292 e. The van der Waals surface area contributed by atoms with Crippen LogP contribution in [0.25, 0.3) is 0 Å². The third-order valence-corrected chi connectivity index (χ3v) is 4.81. The minimum atomic E-state index is -0.315. The Balaban J connectivity index is 2.00. The lowest BCUT2D eigenvalue weighted by atomic mass is 9.93. The number of nitro benzene ring substituents is 1. The van der Waals surface area contributed by atoms with Gasteiger partial charge in [-0.25, -0.2) is 0 Å². The third kappa shape index (κ3) is 2.15. The average Bonchev–Trinajstić information content (AvgIpc) is 2.97. The van der Waals surface area contributed by atoms with E-state index in [2.05, 4.69) is 17.1 Å². The van der Waals surface area contributed by atoms with Crippen LogP contribution in [0.4, 0.5) is 11.4 Å². The first-order valence-electron chi connectivity index (χ1n) is 7.03. The Labute approximate surface area is 123 Å². The van der Waals surface area contributed by atoms with Crippen LogP contribution in [-0.4, -0.2) is 30.6 Å². The van der Waals surface area contributed by atoms with Crippen molar-refractivity contribution in [1.82, 2.24) is 5.32 Å². The molecule has 0 aliphatic carbocycles. The van der Waals surface area contributed by atoms with E-state index in [1.54, 1.807) is 12.1 Å². The summed E-state index contributed by atoms with van der Waals surface area (Å²) in [6.45, 7) is 5.03. The summed E-state index contributed by atoms with van der Waals surface area (Å²) in [4.78, 5) is 13.1. The maximum atomic E-state index is 11.3. The molecule has 3 rings (SSSR count). The molecular formula is C14H18ClN3O2. The number of nitrogens with one attached hydrogen (secondary N) is 1. The van der Waals surface area contributed by atoms with Crippen LogP contribution in [0.2, 0.25) is 5.02 Å². The molecule has 20 heavy (non-hydrogen) atoms. The molecule has 0 amide bonds. The van der Waals surface area contributed by atoms with E-state index in [9.17, 15) is 10.1 Å². The molecule has 2 aliphatic heterocycles. The summed E-state index contributed by atoms with van der Waals surface area (Å²) in [5.74, 6) is 1.16. The van der Waals surface area contributed by atoms with E-state index in [1.807, 2.05) is 0 Å². The van der Waals surface area contributed by atoms with Crippen molar-refractivity contribution < 1.29 is 4.92 Å². The Morgan fingerprint density at radius 3 is 3.00 bits per heavy atom. The largest absolute Gasteiger partial charge is 0.362 e. The molecule has 0 saturated carbocycles. The van der Waals surface area contributed by atoms with Crippen LogP contribution in [0.15, 0.2) is 18.2 Å². The molecule has 3 atom stereocenters. The van der Waals surface area contributed by atoms with Crippen molar-refractivity contribution in [3.63, 3.8) is 0 Å². The molecule has 1 aromatic rings. The number of benzene rings is 1. The SMILES string of the molecule is CCC1C2CNCC2CN1c1cc(Cl)ccc1[N+](=O)[O-]. The number of nitrogens with zero attached hydrogens (tertiary/aromatic N) is 2. The lowest BCUT2D eigenvalue weighted by Crippen LogP contribution is -2.35. The third-order valence-electron chi connectivity index (χ3n) is 4.58. The summed E-state index contributed by atoms with van der Waals surface area (Å²) >= 11 is 6.05. The molecule has 2 heterocycles. The standard InChI is InChI=1S/C14H18ClN3O2/c1-2-12-11-7-16-6-9(11)8-17(12)14-5-10(15)3-4-13(14)18(19)20/h3-5,9,11-12,16H,2,6-8H2,1H3. The van der Waals surface area contributed by atoms with E-state index in [0.29, 0.717) is 28.6 Å². The van der Waals surface area contributed by atoms with E-state index in [4.69, 9.17) is 11.6 Å². The topological polar surface area (TPSA) is 58.4 Å². The monoisotopic (exact) mass is 295 g/mol. The van der Waals surface area contributed by atoms with Crippen LogP contribution >= 0.6 is 11.6 Å². The lowest BCUT2D eigenvalue weighted by Gasteiger charge is -2.28. The maximum Gasteiger partial charge on any atom is 0.292 e. The maximum absolute atomic E-state index is 11.3. The zero-order valence-electron chi connectivity index (χ0n) is 11.4. The first kappa shape index (κ1) is 13.6. The van der Waals surface area contributed by atoms with E-state index < -0.39 is 0 Å². The summed E-state index contributed by atoms with van der Waals surface area (Å²) in [6, 6.07) is 5.18. The molecule has 2 aliphatic rings. The van der Waals surface area contributed by atoms with Crippen LogP contribution in [-0.2, 0) is 0 Å². The molecule has 3 unspecified atom stereocenters. The highest BCUT2D eigenvalue weighted by atomic mass is 35.5. The lowest BCUT2D eigenvalue weighted by molar-refractivity contribution is -0.384. The van der Waals surface area contributed by atoms with Gasteiger partial charge in [-0.15, -0.1) is 0 Å². The zero-order valence-corrected chi connectivity index (χ0v) is 12.1. The van der Waals surface area contributed by atoms with Gasteiger partial charge in [-0.05, 0) is 30.4 Å². The van der Waals surface area contributed by atoms with Crippen molar-refractivity contribution in [2.24, 2.45) is 11.8 Å². The number of hydrogen-bond acceptors (Lipinski definition) is 4. The van der Waals surface area contributed by atoms with Gasteiger partial charge in [0.2, 0.25) is 0 Å². The highest BCUT2D eigenvalue weighted by Gasteiger charge is 2.44. The molecule has 2 fully saturated rings. The normalized spacial score (nSPS) is 28.7. The van der Waals surface area contributed by atoms with Crippen molar-refractivity contribution >= 4 is 23.0 Å². The fraction of sp³-hybridized carbons (Fsp3) is 0.571. The van der Waals surface area contributed by atoms with E-state index >= 15 is 0 Å². The number of nitro groups is 1.